The Morgan fingerprint density at radius 1 is 0.277 bits per heavy atom. The standard InChI is InChI=1S/C36H80O8Si3/c1-7-13-19-25-31-37-46(38-32-26-20-14-8-2,39-33-27-21-15-9-3)43-45-44-47(40-34-28-22-16-10-4,41-35-29-23-17-11-5)42-36-30-24-18-12-6/h7-36,45H2,1-6H3. The minimum absolute atomic E-state index is 0.572. The summed E-state index contributed by atoms with van der Waals surface area (Å²) in [5.41, 5.74) is 0. The maximum Gasteiger partial charge on any atom is 0.670 e. The number of rotatable bonds is 40. The second-order valence-corrected chi connectivity index (χ2v) is 19.1. The van der Waals surface area contributed by atoms with Crippen LogP contribution < -0.4 is 0 Å². The van der Waals surface area contributed by atoms with Crippen LogP contribution in [0.5, 0.6) is 0 Å². The minimum atomic E-state index is -3.43. The summed E-state index contributed by atoms with van der Waals surface area (Å²) in [6.45, 7) is 16.8. The first-order chi connectivity index (χ1) is 23.1. The first kappa shape index (κ1) is 47.3. The molecule has 0 heterocycles. The van der Waals surface area contributed by atoms with E-state index in [1.165, 1.54) is 77.0 Å². The Hall–Kier alpha value is 0.331. The molecule has 0 aliphatic heterocycles. The van der Waals surface area contributed by atoms with E-state index in [1.807, 2.05) is 0 Å². The second-order valence-electron chi connectivity index (χ2n) is 12.9. The summed E-state index contributed by atoms with van der Waals surface area (Å²) in [6, 6.07) is 0. The van der Waals surface area contributed by atoms with Crippen LogP contribution in [0.4, 0.5) is 0 Å². The summed E-state index contributed by atoms with van der Waals surface area (Å²) >= 11 is 0. The zero-order chi connectivity index (χ0) is 34.6. The van der Waals surface area contributed by atoms with Crippen LogP contribution in [0.2, 0.25) is 0 Å². The van der Waals surface area contributed by atoms with E-state index in [1.54, 1.807) is 0 Å². The van der Waals surface area contributed by atoms with Crippen molar-refractivity contribution in [3.05, 3.63) is 0 Å². The monoisotopic (exact) mass is 725 g/mol. The van der Waals surface area contributed by atoms with Crippen LogP contribution >= 0.6 is 0 Å². The van der Waals surface area contributed by atoms with Gasteiger partial charge in [0.2, 0.25) is 0 Å². The molecule has 0 aliphatic rings. The fraction of sp³-hybridized carbons (Fsp3) is 1.00. The number of hydrogen-bond donors (Lipinski definition) is 0. The minimum Gasteiger partial charge on any atom is -0.375 e. The van der Waals surface area contributed by atoms with E-state index in [-0.39, 0.29) is 0 Å². The molecule has 0 rings (SSSR count). The molecular weight excluding hydrogens is 645 g/mol. The molecule has 0 aromatic rings. The molecule has 0 aromatic carbocycles. The molecular formula is C36H80O8Si3. The van der Waals surface area contributed by atoms with Gasteiger partial charge >= 0.3 is 18.1 Å². The molecule has 0 aromatic heterocycles. The molecule has 8 nitrogen and oxygen atoms in total. The van der Waals surface area contributed by atoms with E-state index < -0.39 is 28.1 Å². The number of hydrogen-bond acceptors (Lipinski definition) is 8. The normalized spacial score (nSPS) is 12.4. The SMILES string of the molecule is CCCCCCO[Si](OCCCCCC)(OCCCCCC)O[SiH2]O[Si](OCCCCCC)(OCCCCCC)OCCCCCC. The highest BCUT2D eigenvalue weighted by atomic mass is 28.5. The van der Waals surface area contributed by atoms with E-state index in [2.05, 4.69) is 41.5 Å². The van der Waals surface area contributed by atoms with Gasteiger partial charge < -0.3 is 34.8 Å². The van der Waals surface area contributed by atoms with Crippen molar-refractivity contribution >= 4 is 28.1 Å². The van der Waals surface area contributed by atoms with Gasteiger partial charge in [-0.2, -0.15) is 0 Å². The van der Waals surface area contributed by atoms with Gasteiger partial charge in [-0.05, 0) is 38.5 Å². The fourth-order valence-corrected chi connectivity index (χ4v) is 11.8. The van der Waals surface area contributed by atoms with Crippen LogP contribution in [0.15, 0.2) is 0 Å². The highest BCUT2D eigenvalue weighted by molar-refractivity contribution is 6.64. The lowest BCUT2D eigenvalue weighted by atomic mass is 10.2. The van der Waals surface area contributed by atoms with Gasteiger partial charge in [0, 0.05) is 39.6 Å². The second kappa shape index (κ2) is 36.1. The van der Waals surface area contributed by atoms with E-state index in [0.717, 1.165) is 77.0 Å². The van der Waals surface area contributed by atoms with Crippen molar-refractivity contribution in [2.45, 2.75) is 196 Å². The molecule has 47 heavy (non-hydrogen) atoms. The lowest BCUT2D eigenvalue weighted by Crippen LogP contribution is -2.55. The molecule has 0 atom stereocenters. The van der Waals surface area contributed by atoms with E-state index >= 15 is 0 Å². The summed E-state index contributed by atoms with van der Waals surface area (Å²) < 4.78 is 52.2. The molecule has 0 aliphatic carbocycles. The van der Waals surface area contributed by atoms with Crippen LogP contribution in [-0.2, 0) is 34.8 Å². The van der Waals surface area contributed by atoms with Gasteiger partial charge in [-0.15, -0.1) is 0 Å². The van der Waals surface area contributed by atoms with E-state index in [0.29, 0.717) is 39.6 Å². The molecule has 11 heteroatoms. The Labute approximate surface area is 297 Å². The zero-order valence-corrected chi connectivity index (χ0v) is 35.6. The average molecular weight is 725 g/mol. The van der Waals surface area contributed by atoms with Gasteiger partial charge in [0.15, 0.2) is 0 Å². The van der Waals surface area contributed by atoms with E-state index in [9.17, 15) is 0 Å². The van der Waals surface area contributed by atoms with Crippen LogP contribution in [0.3, 0.4) is 0 Å². The maximum absolute atomic E-state index is 6.62. The van der Waals surface area contributed by atoms with Crippen molar-refractivity contribution in [2.75, 3.05) is 39.6 Å². The Balaban J connectivity index is 5.87. The molecule has 284 valence electrons. The summed E-state index contributed by atoms with van der Waals surface area (Å²) in [6.07, 6.45) is 26.8. The van der Waals surface area contributed by atoms with Gasteiger partial charge in [0.25, 0.3) is 10.0 Å². The molecule has 0 spiro atoms. The Kier molecular flexibility index (Phi) is 36.4. The van der Waals surface area contributed by atoms with Gasteiger partial charge in [-0.25, -0.2) is 0 Å². The van der Waals surface area contributed by atoms with Crippen molar-refractivity contribution in [2.24, 2.45) is 0 Å². The van der Waals surface area contributed by atoms with Crippen molar-refractivity contribution in [1.29, 1.82) is 0 Å². The summed E-state index contributed by atoms with van der Waals surface area (Å²) in [5, 5.41) is 0. The predicted octanol–water partition coefficient (Wildman–Crippen LogP) is 10.5. The van der Waals surface area contributed by atoms with Crippen molar-refractivity contribution in [3.63, 3.8) is 0 Å². The van der Waals surface area contributed by atoms with Crippen LogP contribution in [-0.4, -0.2) is 67.7 Å². The topological polar surface area (TPSA) is 73.8 Å². The smallest absolute Gasteiger partial charge is 0.375 e. The maximum atomic E-state index is 6.62. The van der Waals surface area contributed by atoms with Gasteiger partial charge in [0.05, 0.1) is 0 Å². The molecule has 0 fully saturated rings. The largest absolute Gasteiger partial charge is 0.670 e. The van der Waals surface area contributed by atoms with Crippen molar-refractivity contribution in [3.8, 4) is 0 Å². The van der Waals surface area contributed by atoms with Crippen LogP contribution in [0, 0.1) is 0 Å². The molecule has 0 amide bonds. The highest BCUT2D eigenvalue weighted by Crippen LogP contribution is 2.20. The van der Waals surface area contributed by atoms with Crippen LogP contribution in [0.25, 0.3) is 0 Å². The zero-order valence-electron chi connectivity index (χ0n) is 32.2. The van der Waals surface area contributed by atoms with Crippen LogP contribution in [0.1, 0.15) is 196 Å². The van der Waals surface area contributed by atoms with Gasteiger partial charge in [0.1, 0.15) is 0 Å². The first-order valence-corrected chi connectivity index (χ1v) is 24.6. The predicted molar refractivity (Wildman–Crippen MR) is 203 cm³/mol. The highest BCUT2D eigenvalue weighted by Gasteiger charge is 2.49. The Morgan fingerprint density at radius 3 is 0.638 bits per heavy atom. The average Bonchev–Trinajstić information content (AvgIpc) is 3.07. The molecule has 0 unspecified atom stereocenters. The van der Waals surface area contributed by atoms with Gasteiger partial charge in [-0.3, -0.25) is 0 Å². The summed E-state index contributed by atoms with van der Waals surface area (Å²) in [4.78, 5) is 0. The molecule has 0 bridgehead atoms. The molecule has 0 saturated carbocycles. The first-order valence-electron chi connectivity index (χ1n) is 20.2. The van der Waals surface area contributed by atoms with E-state index in [4.69, 9.17) is 34.8 Å². The summed E-state index contributed by atoms with van der Waals surface area (Å²) in [5.74, 6) is 0. The van der Waals surface area contributed by atoms with Gasteiger partial charge in [-0.1, -0.05) is 157 Å². The van der Waals surface area contributed by atoms with Crippen molar-refractivity contribution in [1.82, 2.24) is 0 Å². The lowest BCUT2D eigenvalue weighted by molar-refractivity contribution is -0.0213. The third kappa shape index (κ3) is 28.7. The lowest BCUT2D eigenvalue weighted by Gasteiger charge is -2.32. The molecule has 0 radical (unpaired) electrons. The summed E-state index contributed by atoms with van der Waals surface area (Å²) in [7, 11) is -8.55. The molecule has 0 N–H and O–H groups in total. The Morgan fingerprint density at radius 2 is 0.468 bits per heavy atom. The third-order valence-corrected chi connectivity index (χ3v) is 15.2. The van der Waals surface area contributed by atoms with Crippen molar-refractivity contribution < 1.29 is 34.8 Å². The molecule has 0 saturated heterocycles. The Bertz CT molecular complexity index is 499. The quantitative estimate of drug-likeness (QED) is 0.0457. The third-order valence-electron chi connectivity index (χ3n) is 8.13. The fourth-order valence-electron chi connectivity index (χ4n) is 5.03. The number of unbranched alkanes of at least 4 members (excludes halogenated alkanes) is 18.